The second kappa shape index (κ2) is 14.3. The van der Waals surface area contributed by atoms with Crippen LogP contribution in [-0.4, -0.2) is 29.2 Å². The average molecular weight is 440 g/mol. The Labute approximate surface area is 182 Å². The molecule has 25 heavy (non-hydrogen) atoms. The summed E-state index contributed by atoms with van der Waals surface area (Å²) in [5, 5.41) is 9.97. The van der Waals surface area contributed by atoms with Crippen molar-refractivity contribution in [2.24, 2.45) is 0 Å². The predicted octanol–water partition coefficient (Wildman–Crippen LogP) is -5.09. The number of amides is 1. The molecule has 2 aromatic rings. The Hall–Kier alpha value is -0.906. The van der Waals surface area contributed by atoms with Gasteiger partial charge in [0.1, 0.15) is 11.5 Å². The number of phenols is 1. The van der Waals surface area contributed by atoms with Crippen LogP contribution in [0.1, 0.15) is 13.8 Å². The molecule has 0 atom stereocenters. The number of benzene rings is 2. The van der Waals surface area contributed by atoms with Gasteiger partial charge in [-0.3, -0.25) is 0 Å². The molecule has 0 bridgehead atoms. The van der Waals surface area contributed by atoms with Crippen molar-refractivity contribution in [1.29, 1.82) is 0 Å². The fraction of sp³-hybridized carbons (Fsp3) is 0.235. The summed E-state index contributed by atoms with van der Waals surface area (Å²) in [7, 11) is 0. The smallest absolute Gasteiger partial charge is 1.00 e. The van der Waals surface area contributed by atoms with Gasteiger partial charge in [-0.1, -0.05) is 36.4 Å². The summed E-state index contributed by atoms with van der Waals surface area (Å²) in [4.78, 5) is 13.7. The van der Waals surface area contributed by atoms with Gasteiger partial charge in [0.25, 0.3) is 0 Å². The molecule has 1 radical (unpaired) electrons. The third-order valence-corrected chi connectivity index (χ3v) is 3.30. The molecule has 0 aliphatic rings. The molecule has 2 aromatic carbocycles. The number of hydrogen-bond acceptors (Lipinski definition) is 3. The average Bonchev–Trinajstić information content (AvgIpc) is 2.50. The number of halogens is 3. The largest absolute Gasteiger partial charge is 3.00 e. The van der Waals surface area contributed by atoms with Crippen LogP contribution in [0.4, 0.5) is 4.79 Å². The summed E-state index contributed by atoms with van der Waals surface area (Å²) in [6.45, 7) is 4.99. The molecule has 0 aromatic heterocycles. The number of ether oxygens (including phenoxy) is 1. The number of rotatable bonds is 4. The maximum absolute atomic E-state index is 12.1. The molecule has 0 unspecified atom stereocenters. The Balaban J connectivity index is -0.00000121. The normalized spacial score (nSPS) is 8.56. The second-order valence-electron chi connectivity index (χ2n) is 4.55. The third-order valence-electron chi connectivity index (χ3n) is 3.30. The number of carbonyl (C=O) groups is 1. The fourth-order valence-corrected chi connectivity index (χ4v) is 2.12. The Bertz CT molecular complexity index is 640. The first kappa shape index (κ1) is 28.9. The van der Waals surface area contributed by atoms with Crippen molar-refractivity contribution in [1.82, 2.24) is 4.90 Å². The molecule has 135 valence electrons. The van der Waals surface area contributed by atoms with Crippen LogP contribution in [-0.2, 0) is 21.7 Å². The molecule has 0 spiro atoms. The minimum absolute atomic E-state index is 0. The number of para-hydroxylation sites is 2. The minimum atomic E-state index is -0.386. The van der Waals surface area contributed by atoms with Gasteiger partial charge in [0.15, 0.2) is 0 Å². The first-order valence-electron chi connectivity index (χ1n) is 7.01. The van der Waals surface area contributed by atoms with E-state index in [2.05, 4.69) is 0 Å². The van der Waals surface area contributed by atoms with Crippen LogP contribution in [0, 0.1) is 0 Å². The number of aromatic hydroxyl groups is 1. The van der Waals surface area contributed by atoms with Gasteiger partial charge in [-0.25, -0.2) is 4.79 Å². The summed E-state index contributed by atoms with van der Waals surface area (Å²) in [5.74, 6) is 0.597. The van der Waals surface area contributed by atoms with E-state index < -0.39 is 0 Å². The van der Waals surface area contributed by atoms with Crippen molar-refractivity contribution >= 4 is 6.09 Å². The Morgan fingerprint density at radius 3 is 1.92 bits per heavy atom. The van der Waals surface area contributed by atoms with Gasteiger partial charge in [0.05, 0.1) is 0 Å². The fourth-order valence-electron chi connectivity index (χ4n) is 2.12. The molecule has 0 aliphatic carbocycles. The van der Waals surface area contributed by atoms with Crippen molar-refractivity contribution in [3.05, 3.63) is 48.5 Å². The third kappa shape index (κ3) is 7.47. The van der Waals surface area contributed by atoms with Crippen LogP contribution in [0.25, 0.3) is 11.1 Å². The van der Waals surface area contributed by atoms with Crippen molar-refractivity contribution in [3.8, 4) is 22.6 Å². The number of hydrogen-bond donors (Lipinski definition) is 1. The van der Waals surface area contributed by atoms with Crippen molar-refractivity contribution in [3.63, 3.8) is 0 Å². The van der Waals surface area contributed by atoms with E-state index in [1.54, 1.807) is 35.2 Å². The maximum Gasteiger partial charge on any atom is 3.00 e. The second-order valence-corrected chi connectivity index (χ2v) is 4.55. The molecule has 1 amide bonds. The minimum Gasteiger partial charge on any atom is -1.00 e. The Kier molecular flexibility index (Phi) is 16.5. The first-order valence-corrected chi connectivity index (χ1v) is 7.01. The number of carbonyl (C=O) groups excluding carboxylic acids is 1. The van der Waals surface area contributed by atoms with E-state index in [0.717, 1.165) is 0 Å². The van der Waals surface area contributed by atoms with Gasteiger partial charge in [-0.15, -0.1) is 0 Å². The van der Waals surface area contributed by atoms with E-state index in [-0.39, 0.29) is 70.8 Å². The molecule has 8 heteroatoms. The van der Waals surface area contributed by atoms with Crippen LogP contribution < -0.4 is 42.0 Å². The van der Waals surface area contributed by atoms with Gasteiger partial charge in [-0.2, -0.15) is 0 Å². The van der Waals surface area contributed by atoms with E-state index >= 15 is 0 Å². The van der Waals surface area contributed by atoms with Gasteiger partial charge in [0, 0.05) is 24.2 Å². The van der Waals surface area contributed by atoms with Gasteiger partial charge < -0.3 is 52.0 Å². The Morgan fingerprint density at radius 1 is 0.920 bits per heavy atom. The molecule has 0 fully saturated rings. The maximum atomic E-state index is 12.1. The van der Waals surface area contributed by atoms with Crippen LogP contribution in [0.5, 0.6) is 11.5 Å². The Morgan fingerprint density at radius 2 is 1.40 bits per heavy atom. The van der Waals surface area contributed by atoms with E-state index in [0.29, 0.717) is 30.0 Å². The van der Waals surface area contributed by atoms with E-state index in [1.165, 1.54) is 0 Å². The van der Waals surface area contributed by atoms with Crippen molar-refractivity contribution in [2.75, 3.05) is 13.1 Å². The molecule has 1 N–H and O–H groups in total. The summed E-state index contributed by atoms with van der Waals surface area (Å²) >= 11 is 0. The van der Waals surface area contributed by atoms with E-state index in [1.807, 2.05) is 32.0 Å². The zero-order valence-electron chi connectivity index (χ0n) is 13.9. The molecular formula is C17H19Cl3NO3Ti. The summed E-state index contributed by atoms with van der Waals surface area (Å²) in [6, 6.07) is 14.2. The summed E-state index contributed by atoms with van der Waals surface area (Å²) in [5.41, 5.74) is 1.33. The molecule has 0 heterocycles. The molecule has 0 saturated heterocycles. The zero-order chi connectivity index (χ0) is 15.2. The molecule has 0 saturated carbocycles. The SMILES string of the molecule is CCN(CC)C(=O)Oc1ccccc1-c1ccccc1O.[Cl-].[Cl-].[Cl-].[Ti+3]. The topological polar surface area (TPSA) is 49.8 Å². The predicted molar refractivity (Wildman–Crippen MR) is 82.5 cm³/mol. The quantitative estimate of drug-likeness (QED) is 0.485. The van der Waals surface area contributed by atoms with Gasteiger partial charge in [-0.05, 0) is 26.0 Å². The van der Waals surface area contributed by atoms with Gasteiger partial charge >= 0.3 is 27.8 Å². The first-order chi connectivity index (χ1) is 10.2. The summed E-state index contributed by atoms with van der Waals surface area (Å²) < 4.78 is 5.47. The van der Waals surface area contributed by atoms with E-state index in [4.69, 9.17) is 4.74 Å². The van der Waals surface area contributed by atoms with Crippen LogP contribution in [0.2, 0.25) is 0 Å². The molecule has 2 rings (SSSR count). The van der Waals surface area contributed by atoms with Crippen molar-refractivity contribution < 1.29 is 73.6 Å². The monoisotopic (exact) mass is 438 g/mol. The molecule has 0 aliphatic heterocycles. The molecule has 4 nitrogen and oxygen atoms in total. The zero-order valence-corrected chi connectivity index (χ0v) is 17.7. The summed E-state index contributed by atoms with van der Waals surface area (Å²) in [6.07, 6.45) is -0.386. The van der Waals surface area contributed by atoms with Crippen LogP contribution >= 0.6 is 0 Å². The van der Waals surface area contributed by atoms with Crippen LogP contribution in [0.15, 0.2) is 48.5 Å². The van der Waals surface area contributed by atoms with Gasteiger partial charge in [0.2, 0.25) is 0 Å². The number of phenolic OH excluding ortho intramolecular Hbond substituents is 1. The number of nitrogens with zero attached hydrogens (tertiary/aromatic N) is 1. The molecular weight excluding hydrogens is 420 g/mol. The van der Waals surface area contributed by atoms with E-state index in [9.17, 15) is 9.90 Å². The standard InChI is InChI=1S/C17H19NO3.3ClH.Ti/c1-3-18(4-2)17(20)21-16-12-8-6-10-14(16)13-9-5-7-11-15(13)19;;;;/h5-12,19H,3-4H2,1-2H3;3*1H;/q;;;;+3/p-3. The van der Waals surface area contributed by atoms with Crippen LogP contribution in [0.3, 0.4) is 0 Å². The van der Waals surface area contributed by atoms with Crippen molar-refractivity contribution in [2.45, 2.75) is 13.8 Å².